The number of unbranched alkanes of at least 4 members (excludes halogenated alkanes) is 4. The summed E-state index contributed by atoms with van der Waals surface area (Å²) in [6.07, 6.45) is 9.65. The zero-order valence-electron chi connectivity index (χ0n) is 9.63. The first kappa shape index (κ1) is 12.0. The Labute approximate surface area is 88.0 Å². The number of hydrogen-bond acceptors (Lipinski definition) is 2. The van der Waals surface area contributed by atoms with Gasteiger partial charge in [-0.15, -0.1) is 0 Å². The van der Waals surface area contributed by atoms with Crippen molar-refractivity contribution < 1.29 is 9.47 Å². The molecule has 84 valence electrons. The lowest BCUT2D eigenvalue weighted by atomic mass is 10.1. The molecule has 1 saturated heterocycles. The highest BCUT2D eigenvalue weighted by atomic mass is 16.8. The molecule has 0 aromatic rings. The van der Waals surface area contributed by atoms with Crippen LogP contribution in [-0.2, 0) is 9.47 Å². The van der Waals surface area contributed by atoms with Gasteiger partial charge in [-0.3, -0.25) is 0 Å². The van der Waals surface area contributed by atoms with Crippen LogP contribution in [0.5, 0.6) is 0 Å². The van der Waals surface area contributed by atoms with Gasteiger partial charge in [0.15, 0.2) is 6.29 Å². The number of hydrogen-bond donors (Lipinski definition) is 0. The van der Waals surface area contributed by atoms with Crippen molar-refractivity contribution in [2.45, 2.75) is 71.2 Å². The maximum Gasteiger partial charge on any atom is 0.181 e. The Kier molecular flexibility index (Phi) is 6.20. The normalized spacial score (nSPS) is 22.3. The maximum absolute atomic E-state index is 5.69. The highest BCUT2D eigenvalue weighted by Crippen LogP contribution is 2.19. The predicted molar refractivity (Wildman–Crippen MR) is 58.3 cm³/mol. The quantitative estimate of drug-likeness (QED) is 0.420. The van der Waals surface area contributed by atoms with Crippen LogP contribution < -0.4 is 0 Å². The molecule has 0 amide bonds. The highest BCUT2D eigenvalue weighted by Gasteiger charge is 2.26. The first-order valence-electron chi connectivity index (χ1n) is 6.13. The standard InChI is InChI=1S/C12H24O2/c1-3-5-6-7-8-9-11(4-2)14-12-10-13-12/h11-12H,3-10H2,1-2H3. The first-order valence-corrected chi connectivity index (χ1v) is 6.13. The van der Waals surface area contributed by atoms with E-state index in [2.05, 4.69) is 13.8 Å². The monoisotopic (exact) mass is 200 g/mol. The minimum absolute atomic E-state index is 0.135. The molecule has 0 radical (unpaired) electrons. The van der Waals surface area contributed by atoms with Crippen molar-refractivity contribution >= 4 is 0 Å². The molecule has 1 rings (SSSR count). The molecule has 2 atom stereocenters. The van der Waals surface area contributed by atoms with Gasteiger partial charge < -0.3 is 9.47 Å². The molecule has 0 aliphatic carbocycles. The van der Waals surface area contributed by atoms with E-state index in [9.17, 15) is 0 Å². The molecule has 1 aliphatic rings. The fraction of sp³-hybridized carbons (Fsp3) is 1.00. The first-order chi connectivity index (χ1) is 6.86. The lowest BCUT2D eigenvalue weighted by Crippen LogP contribution is -2.13. The van der Waals surface area contributed by atoms with E-state index in [-0.39, 0.29) is 6.29 Å². The second-order valence-corrected chi connectivity index (χ2v) is 4.13. The van der Waals surface area contributed by atoms with Crippen LogP contribution in [0.2, 0.25) is 0 Å². The van der Waals surface area contributed by atoms with E-state index in [1.165, 1.54) is 38.5 Å². The number of ether oxygens (including phenoxy) is 2. The van der Waals surface area contributed by atoms with E-state index in [0.717, 1.165) is 13.0 Å². The number of epoxide rings is 1. The topological polar surface area (TPSA) is 21.8 Å². The van der Waals surface area contributed by atoms with Gasteiger partial charge in [0.05, 0.1) is 6.10 Å². The van der Waals surface area contributed by atoms with E-state index in [1.807, 2.05) is 0 Å². The zero-order valence-corrected chi connectivity index (χ0v) is 9.63. The van der Waals surface area contributed by atoms with Crippen molar-refractivity contribution in [2.75, 3.05) is 6.61 Å². The van der Waals surface area contributed by atoms with Crippen molar-refractivity contribution in [2.24, 2.45) is 0 Å². The van der Waals surface area contributed by atoms with E-state index >= 15 is 0 Å². The largest absolute Gasteiger partial charge is 0.347 e. The van der Waals surface area contributed by atoms with Crippen LogP contribution >= 0.6 is 0 Å². The Balaban J connectivity index is 1.90. The SMILES string of the molecule is CCCCCCCC(CC)OC1CO1. The summed E-state index contributed by atoms with van der Waals surface area (Å²) in [6, 6.07) is 0. The van der Waals surface area contributed by atoms with E-state index in [0.29, 0.717) is 6.10 Å². The van der Waals surface area contributed by atoms with Gasteiger partial charge in [-0.25, -0.2) is 0 Å². The smallest absolute Gasteiger partial charge is 0.181 e. The molecular formula is C12H24O2. The zero-order chi connectivity index (χ0) is 10.2. The Morgan fingerprint density at radius 1 is 1.21 bits per heavy atom. The van der Waals surface area contributed by atoms with Crippen LogP contribution in [0.1, 0.15) is 58.8 Å². The molecule has 0 spiro atoms. The Bertz CT molecular complexity index is 132. The van der Waals surface area contributed by atoms with Gasteiger partial charge in [0.1, 0.15) is 6.61 Å². The number of rotatable bonds is 9. The summed E-state index contributed by atoms with van der Waals surface area (Å²) >= 11 is 0. The van der Waals surface area contributed by atoms with Gasteiger partial charge in [0, 0.05) is 0 Å². The van der Waals surface area contributed by atoms with Crippen molar-refractivity contribution in [1.82, 2.24) is 0 Å². The Morgan fingerprint density at radius 2 is 1.93 bits per heavy atom. The van der Waals surface area contributed by atoms with Crippen LogP contribution in [0.4, 0.5) is 0 Å². The third-order valence-electron chi connectivity index (χ3n) is 2.73. The Hall–Kier alpha value is -0.0800. The molecule has 1 fully saturated rings. The van der Waals surface area contributed by atoms with Crippen LogP contribution in [-0.4, -0.2) is 19.0 Å². The minimum atomic E-state index is 0.135. The fourth-order valence-electron chi connectivity index (χ4n) is 1.68. The van der Waals surface area contributed by atoms with Crippen LogP contribution in [0, 0.1) is 0 Å². The molecule has 1 aliphatic heterocycles. The molecule has 0 bridgehead atoms. The summed E-state index contributed by atoms with van der Waals surface area (Å²) in [5.74, 6) is 0. The van der Waals surface area contributed by atoms with Gasteiger partial charge in [-0.1, -0.05) is 46.0 Å². The molecule has 2 nitrogen and oxygen atoms in total. The predicted octanol–water partition coefficient (Wildman–Crippen LogP) is 3.50. The van der Waals surface area contributed by atoms with E-state index in [1.54, 1.807) is 0 Å². The van der Waals surface area contributed by atoms with Gasteiger partial charge >= 0.3 is 0 Å². The van der Waals surface area contributed by atoms with Gasteiger partial charge in [0.2, 0.25) is 0 Å². The summed E-state index contributed by atoms with van der Waals surface area (Å²) in [7, 11) is 0. The van der Waals surface area contributed by atoms with Crippen LogP contribution in [0.3, 0.4) is 0 Å². The molecule has 1 heterocycles. The molecule has 0 N–H and O–H groups in total. The molecule has 0 aromatic carbocycles. The van der Waals surface area contributed by atoms with Crippen molar-refractivity contribution in [3.63, 3.8) is 0 Å². The molecule has 0 saturated carbocycles. The van der Waals surface area contributed by atoms with E-state index in [4.69, 9.17) is 9.47 Å². The molecule has 2 unspecified atom stereocenters. The molecule has 2 heteroatoms. The second-order valence-electron chi connectivity index (χ2n) is 4.13. The summed E-state index contributed by atoms with van der Waals surface area (Å²) in [4.78, 5) is 0. The van der Waals surface area contributed by atoms with Crippen molar-refractivity contribution in [3.8, 4) is 0 Å². The van der Waals surface area contributed by atoms with E-state index < -0.39 is 0 Å². The average molecular weight is 200 g/mol. The summed E-state index contributed by atoms with van der Waals surface area (Å²) < 4.78 is 10.8. The molecule has 14 heavy (non-hydrogen) atoms. The summed E-state index contributed by atoms with van der Waals surface area (Å²) in [5, 5.41) is 0. The van der Waals surface area contributed by atoms with Gasteiger partial charge in [-0.05, 0) is 12.8 Å². The molecule has 0 aromatic heterocycles. The van der Waals surface area contributed by atoms with Crippen LogP contribution in [0.25, 0.3) is 0 Å². The molecular weight excluding hydrogens is 176 g/mol. The minimum Gasteiger partial charge on any atom is -0.347 e. The van der Waals surface area contributed by atoms with Gasteiger partial charge in [0.25, 0.3) is 0 Å². The van der Waals surface area contributed by atoms with Gasteiger partial charge in [-0.2, -0.15) is 0 Å². The average Bonchev–Trinajstić information content (AvgIpc) is 2.99. The highest BCUT2D eigenvalue weighted by molar-refractivity contribution is 4.63. The van der Waals surface area contributed by atoms with Crippen LogP contribution in [0.15, 0.2) is 0 Å². The second kappa shape index (κ2) is 7.24. The lowest BCUT2D eigenvalue weighted by molar-refractivity contribution is -0.0177. The lowest BCUT2D eigenvalue weighted by Gasteiger charge is -2.13. The fourth-order valence-corrected chi connectivity index (χ4v) is 1.68. The van der Waals surface area contributed by atoms with Crippen molar-refractivity contribution in [3.05, 3.63) is 0 Å². The third-order valence-corrected chi connectivity index (χ3v) is 2.73. The Morgan fingerprint density at radius 3 is 2.50 bits per heavy atom. The summed E-state index contributed by atoms with van der Waals surface area (Å²) in [6.45, 7) is 5.26. The van der Waals surface area contributed by atoms with Crippen molar-refractivity contribution in [1.29, 1.82) is 0 Å². The third kappa shape index (κ3) is 5.61. The summed E-state index contributed by atoms with van der Waals surface area (Å²) in [5.41, 5.74) is 0. The maximum atomic E-state index is 5.69.